The lowest BCUT2D eigenvalue weighted by Crippen LogP contribution is -2.00. The predicted octanol–water partition coefficient (Wildman–Crippen LogP) is 2.01. The van der Waals surface area contributed by atoms with Crippen LogP contribution in [-0.2, 0) is 0 Å². The third-order valence-corrected chi connectivity index (χ3v) is 1.85. The molecule has 12 heavy (non-hydrogen) atoms. The fraction of sp³-hybridized carbons (Fsp3) is 0.444. The molecule has 1 aromatic rings. The number of halogens is 1. The van der Waals surface area contributed by atoms with Gasteiger partial charge in [0, 0.05) is 6.07 Å². The molecule has 0 radical (unpaired) electrons. The Morgan fingerprint density at radius 3 is 3.00 bits per heavy atom. The van der Waals surface area contributed by atoms with Gasteiger partial charge in [-0.2, -0.15) is 9.37 Å². The maximum absolute atomic E-state index is 12.5. The molecule has 0 saturated heterocycles. The van der Waals surface area contributed by atoms with Gasteiger partial charge < -0.3 is 4.74 Å². The van der Waals surface area contributed by atoms with E-state index in [1.807, 2.05) is 0 Å². The average molecular weight is 167 g/mol. The highest BCUT2D eigenvalue weighted by molar-refractivity contribution is 5.10. The molecule has 1 aromatic heterocycles. The topological polar surface area (TPSA) is 22.1 Å². The first-order valence-electron chi connectivity index (χ1n) is 4.10. The van der Waals surface area contributed by atoms with Crippen LogP contribution in [0.1, 0.15) is 12.8 Å². The molecule has 2 rings (SSSR count). The molecule has 0 amide bonds. The van der Waals surface area contributed by atoms with E-state index in [2.05, 4.69) is 4.98 Å². The summed E-state index contributed by atoms with van der Waals surface area (Å²) in [5, 5.41) is 0. The molecule has 1 heterocycles. The third-order valence-electron chi connectivity index (χ3n) is 1.85. The summed E-state index contributed by atoms with van der Waals surface area (Å²) in [5.74, 6) is 0.584. The van der Waals surface area contributed by atoms with Crippen LogP contribution in [0, 0.1) is 11.9 Å². The zero-order valence-corrected chi connectivity index (χ0v) is 6.66. The Hall–Kier alpha value is -1.12. The van der Waals surface area contributed by atoms with Crippen LogP contribution >= 0.6 is 0 Å². The van der Waals surface area contributed by atoms with Gasteiger partial charge in [-0.05, 0) is 24.8 Å². The van der Waals surface area contributed by atoms with Crippen molar-refractivity contribution >= 4 is 0 Å². The van der Waals surface area contributed by atoms with Gasteiger partial charge >= 0.3 is 0 Å². The number of hydrogen-bond donors (Lipinski definition) is 0. The van der Waals surface area contributed by atoms with Crippen LogP contribution in [0.25, 0.3) is 0 Å². The van der Waals surface area contributed by atoms with Crippen molar-refractivity contribution in [2.75, 3.05) is 6.61 Å². The lowest BCUT2D eigenvalue weighted by Gasteiger charge is -2.02. The second-order valence-electron chi connectivity index (χ2n) is 3.05. The molecule has 3 heteroatoms. The molecule has 0 unspecified atom stereocenters. The van der Waals surface area contributed by atoms with Gasteiger partial charge in [0.1, 0.15) is 0 Å². The molecular weight excluding hydrogens is 157 g/mol. The maximum atomic E-state index is 12.5. The highest BCUT2D eigenvalue weighted by Gasteiger charge is 2.22. The summed E-state index contributed by atoms with van der Waals surface area (Å²) in [6, 6.07) is 4.58. The van der Waals surface area contributed by atoms with E-state index in [1.165, 1.54) is 18.9 Å². The Kier molecular flexibility index (Phi) is 1.94. The Morgan fingerprint density at radius 2 is 2.33 bits per heavy atom. The molecule has 2 nitrogen and oxygen atoms in total. The standard InChI is InChI=1S/C9H10FNO/c10-8-2-1-3-9(11-8)12-6-7-4-5-7/h1-3,7H,4-6H2. The van der Waals surface area contributed by atoms with Crippen molar-refractivity contribution in [3.8, 4) is 5.88 Å². The minimum Gasteiger partial charge on any atom is -0.477 e. The summed E-state index contributed by atoms with van der Waals surface area (Å²) in [6.07, 6.45) is 2.46. The molecule has 1 aliphatic carbocycles. The van der Waals surface area contributed by atoms with E-state index in [0.29, 0.717) is 18.4 Å². The van der Waals surface area contributed by atoms with Gasteiger partial charge in [-0.15, -0.1) is 0 Å². The molecule has 0 bridgehead atoms. The highest BCUT2D eigenvalue weighted by Crippen LogP contribution is 2.29. The fourth-order valence-electron chi connectivity index (χ4n) is 0.958. The van der Waals surface area contributed by atoms with Gasteiger partial charge in [0.2, 0.25) is 11.8 Å². The molecular formula is C9H10FNO. The van der Waals surface area contributed by atoms with E-state index >= 15 is 0 Å². The second kappa shape index (κ2) is 3.09. The number of pyridine rings is 1. The zero-order valence-electron chi connectivity index (χ0n) is 6.66. The summed E-state index contributed by atoms with van der Waals surface area (Å²) in [4.78, 5) is 3.58. The van der Waals surface area contributed by atoms with Crippen molar-refractivity contribution in [3.05, 3.63) is 24.1 Å². The first-order chi connectivity index (χ1) is 5.84. The lowest BCUT2D eigenvalue weighted by atomic mass is 10.4. The van der Waals surface area contributed by atoms with E-state index in [0.717, 1.165) is 0 Å². The first-order valence-corrected chi connectivity index (χ1v) is 4.10. The van der Waals surface area contributed by atoms with Gasteiger partial charge in [-0.3, -0.25) is 0 Å². The summed E-state index contributed by atoms with van der Waals surface area (Å²) >= 11 is 0. The Labute approximate surface area is 70.4 Å². The van der Waals surface area contributed by atoms with Crippen LogP contribution in [0.3, 0.4) is 0 Å². The molecule has 1 saturated carbocycles. The van der Waals surface area contributed by atoms with Crippen LogP contribution in [0.15, 0.2) is 18.2 Å². The minimum atomic E-state index is -0.483. The van der Waals surface area contributed by atoms with Crippen LogP contribution < -0.4 is 4.74 Å². The van der Waals surface area contributed by atoms with E-state index < -0.39 is 5.95 Å². The number of ether oxygens (including phenoxy) is 1. The molecule has 0 spiro atoms. The van der Waals surface area contributed by atoms with Crippen LogP contribution in [0.4, 0.5) is 4.39 Å². The number of aromatic nitrogens is 1. The predicted molar refractivity (Wildman–Crippen MR) is 42.4 cm³/mol. The summed E-state index contributed by atoms with van der Waals surface area (Å²) in [6.45, 7) is 0.677. The molecule has 0 atom stereocenters. The summed E-state index contributed by atoms with van der Waals surface area (Å²) in [7, 11) is 0. The number of nitrogens with zero attached hydrogens (tertiary/aromatic N) is 1. The van der Waals surface area contributed by atoms with Crippen molar-refractivity contribution in [1.82, 2.24) is 4.98 Å². The lowest BCUT2D eigenvalue weighted by molar-refractivity contribution is 0.284. The minimum absolute atomic E-state index is 0.391. The summed E-state index contributed by atoms with van der Waals surface area (Å²) < 4.78 is 17.8. The first kappa shape index (κ1) is 7.53. The largest absolute Gasteiger partial charge is 0.477 e. The Morgan fingerprint density at radius 1 is 1.50 bits per heavy atom. The van der Waals surface area contributed by atoms with E-state index in [-0.39, 0.29) is 0 Å². The highest BCUT2D eigenvalue weighted by atomic mass is 19.1. The quantitative estimate of drug-likeness (QED) is 0.642. The number of rotatable bonds is 3. The van der Waals surface area contributed by atoms with E-state index in [4.69, 9.17) is 4.74 Å². The molecule has 64 valence electrons. The molecule has 1 fully saturated rings. The average Bonchev–Trinajstić information content (AvgIpc) is 2.84. The van der Waals surface area contributed by atoms with Crippen LogP contribution in [-0.4, -0.2) is 11.6 Å². The molecule has 0 aliphatic heterocycles. The monoisotopic (exact) mass is 167 g/mol. The smallest absolute Gasteiger partial charge is 0.216 e. The van der Waals surface area contributed by atoms with Crippen molar-refractivity contribution in [3.63, 3.8) is 0 Å². The maximum Gasteiger partial charge on any atom is 0.216 e. The Bertz CT molecular complexity index is 273. The van der Waals surface area contributed by atoms with Gasteiger partial charge in [-0.1, -0.05) is 6.07 Å². The summed E-state index contributed by atoms with van der Waals surface area (Å²) in [5.41, 5.74) is 0. The number of hydrogen-bond acceptors (Lipinski definition) is 2. The van der Waals surface area contributed by atoms with Gasteiger partial charge in [0.15, 0.2) is 0 Å². The van der Waals surface area contributed by atoms with Crippen LogP contribution in [0.2, 0.25) is 0 Å². The van der Waals surface area contributed by atoms with Gasteiger partial charge in [0.25, 0.3) is 0 Å². The molecule has 0 aromatic carbocycles. The fourth-order valence-corrected chi connectivity index (χ4v) is 0.958. The van der Waals surface area contributed by atoms with E-state index in [1.54, 1.807) is 12.1 Å². The zero-order chi connectivity index (χ0) is 8.39. The van der Waals surface area contributed by atoms with Gasteiger partial charge in [-0.25, -0.2) is 0 Å². The SMILES string of the molecule is Fc1cccc(OCC2CC2)n1. The van der Waals surface area contributed by atoms with E-state index in [9.17, 15) is 4.39 Å². The van der Waals surface area contributed by atoms with Crippen molar-refractivity contribution < 1.29 is 9.13 Å². The van der Waals surface area contributed by atoms with Crippen LogP contribution in [0.5, 0.6) is 5.88 Å². The molecule has 1 aliphatic rings. The molecule has 0 N–H and O–H groups in total. The van der Waals surface area contributed by atoms with Crippen molar-refractivity contribution in [1.29, 1.82) is 0 Å². The second-order valence-corrected chi connectivity index (χ2v) is 3.05. The van der Waals surface area contributed by atoms with Crippen molar-refractivity contribution in [2.24, 2.45) is 5.92 Å². The Balaban J connectivity index is 1.92. The van der Waals surface area contributed by atoms with Crippen molar-refractivity contribution in [2.45, 2.75) is 12.8 Å². The van der Waals surface area contributed by atoms with Gasteiger partial charge in [0.05, 0.1) is 6.61 Å². The normalized spacial score (nSPS) is 16.1. The third kappa shape index (κ3) is 1.94.